The Bertz CT molecular complexity index is 1050. The van der Waals surface area contributed by atoms with Gasteiger partial charge in [-0.3, -0.25) is 4.98 Å². The highest BCUT2D eigenvalue weighted by Gasteiger charge is 2.49. The van der Waals surface area contributed by atoms with Crippen LogP contribution in [0.2, 0.25) is 0 Å². The molecule has 2 aliphatic heterocycles. The normalized spacial score (nSPS) is 17.2. The minimum Gasteiger partial charge on any atom is -0.487 e. The molecule has 0 amide bonds. The number of ether oxygens (including phenoxy) is 2. The van der Waals surface area contributed by atoms with E-state index in [0.717, 1.165) is 43.6 Å². The first-order valence-corrected chi connectivity index (χ1v) is 10.9. The van der Waals surface area contributed by atoms with Crippen LogP contribution in [0.25, 0.3) is 0 Å². The van der Waals surface area contributed by atoms with Crippen LogP contribution in [0.15, 0.2) is 60.9 Å². The second-order valence-corrected chi connectivity index (χ2v) is 9.52. The maximum absolute atomic E-state index is 6.00. The third-order valence-electron chi connectivity index (χ3n) is 6.60. The summed E-state index contributed by atoms with van der Waals surface area (Å²) in [5.74, 6) is 1.76. The number of hydrogen-bond acceptors (Lipinski definition) is 5. The lowest BCUT2D eigenvalue weighted by molar-refractivity contribution is -0.127. The van der Waals surface area contributed by atoms with E-state index in [1.165, 1.54) is 16.7 Å². The first-order chi connectivity index (χ1) is 14.9. The summed E-state index contributed by atoms with van der Waals surface area (Å²) in [7, 11) is 0. The number of anilines is 1. The molecular formula is C26H29N3O2. The van der Waals surface area contributed by atoms with Gasteiger partial charge < -0.3 is 14.4 Å². The number of aryl methyl sites for hydroxylation is 1. The zero-order valence-electron chi connectivity index (χ0n) is 18.5. The van der Waals surface area contributed by atoms with Crippen molar-refractivity contribution in [3.63, 3.8) is 0 Å². The molecule has 160 valence electrons. The molecule has 5 heteroatoms. The standard InChI is InChI=1S/C26H29N3O2/c1-19-4-6-20(7-5-19)25(2,3)21-8-10-23(11-9-21)31-14-22-12-27-13-24(28-22)29-15-26(16-29)17-30-18-26/h4-13H,14-18H2,1-3H3. The van der Waals surface area contributed by atoms with Gasteiger partial charge in [0.1, 0.15) is 18.2 Å². The monoisotopic (exact) mass is 415 g/mol. The van der Waals surface area contributed by atoms with Crippen molar-refractivity contribution in [1.29, 1.82) is 0 Å². The maximum Gasteiger partial charge on any atom is 0.147 e. The topological polar surface area (TPSA) is 47.5 Å². The van der Waals surface area contributed by atoms with Crippen molar-refractivity contribution in [3.05, 3.63) is 83.3 Å². The zero-order chi connectivity index (χ0) is 21.5. The summed E-state index contributed by atoms with van der Waals surface area (Å²) in [6.07, 6.45) is 3.61. The van der Waals surface area contributed by atoms with Crippen molar-refractivity contribution in [2.45, 2.75) is 32.8 Å². The van der Waals surface area contributed by atoms with E-state index in [4.69, 9.17) is 14.5 Å². The van der Waals surface area contributed by atoms with Crippen LogP contribution >= 0.6 is 0 Å². The first kappa shape index (κ1) is 20.0. The van der Waals surface area contributed by atoms with E-state index in [1.807, 2.05) is 18.3 Å². The Morgan fingerprint density at radius 2 is 1.61 bits per heavy atom. The number of hydrogen-bond donors (Lipinski definition) is 0. The Labute approximate surface area is 184 Å². The van der Waals surface area contributed by atoms with Crippen molar-refractivity contribution >= 4 is 5.82 Å². The number of aromatic nitrogens is 2. The Morgan fingerprint density at radius 3 is 2.23 bits per heavy atom. The fourth-order valence-electron chi connectivity index (χ4n) is 4.38. The van der Waals surface area contributed by atoms with Gasteiger partial charge in [-0.25, -0.2) is 4.98 Å². The molecule has 1 aromatic heterocycles. The molecule has 0 saturated carbocycles. The summed E-state index contributed by atoms with van der Waals surface area (Å²) in [5, 5.41) is 0. The molecule has 2 saturated heterocycles. The van der Waals surface area contributed by atoms with Crippen LogP contribution in [0.3, 0.4) is 0 Å². The van der Waals surface area contributed by atoms with Gasteiger partial charge in [-0.1, -0.05) is 55.8 Å². The predicted molar refractivity (Wildman–Crippen MR) is 122 cm³/mol. The molecule has 0 aliphatic carbocycles. The molecule has 0 bridgehead atoms. The van der Waals surface area contributed by atoms with Crippen molar-refractivity contribution in [2.75, 3.05) is 31.2 Å². The molecule has 2 aromatic carbocycles. The second kappa shape index (κ2) is 7.65. The Balaban J connectivity index is 1.21. The van der Waals surface area contributed by atoms with E-state index < -0.39 is 0 Å². The van der Waals surface area contributed by atoms with Crippen molar-refractivity contribution in [2.24, 2.45) is 5.41 Å². The van der Waals surface area contributed by atoms with Gasteiger partial charge in [0.25, 0.3) is 0 Å². The summed E-state index contributed by atoms with van der Waals surface area (Å²) in [4.78, 5) is 11.4. The third-order valence-corrected chi connectivity index (χ3v) is 6.60. The smallest absolute Gasteiger partial charge is 0.147 e. The molecule has 2 fully saturated rings. The van der Waals surface area contributed by atoms with E-state index >= 15 is 0 Å². The van der Waals surface area contributed by atoms with Gasteiger partial charge in [-0.05, 0) is 30.2 Å². The SMILES string of the molecule is Cc1ccc(C(C)(C)c2ccc(OCc3cncc(N4CC5(COC5)C4)n3)cc2)cc1. The molecule has 2 aliphatic rings. The van der Waals surface area contributed by atoms with Crippen molar-refractivity contribution in [3.8, 4) is 5.75 Å². The van der Waals surface area contributed by atoms with Gasteiger partial charge in [0.2, 0.25) is 0 Å². The number of rotatable bonds is 6. The molecule has 5 rings (SSSR count). The summed E-state index contributed by atoms with van der Waals surface area (Å²) in [6, 6.07) is 17.1. The summed E-state index contributed by atoms with van der Waals surface area (Å²) in [6.45, 7) is 10.8. The first-order valence-electron chi connectivity index (χ1n) is 10.9. The van der Waals surface area contributed by atoms with Crippen LogP contribution in [0.1, 0.15) is 36.2 Å². The highest BCUT2D eigenvalue weighted by molar-refractivity contribution is 5.43. The summed E-state index contributed by atoms with van der Waals surface area (Å²) < 4.78 is 11.4. The fourth-order valence-corrected chi connectivity index (χ4v) is 4.38. The molecule has 5 nitrogen and oxygen atoms in total. The minimum atomic E-state index is -0.0634. The lowest BCUT2D eigenvalue weighted by Gasteiger charge is -2.55. The number of benzene rings is 2. The van der Waals surface area contributed by atoms with Gasteiger partial charge in [0.15, 0.2) is 0 Å². The minimum absolute atomic E-state index is 0.0634. The Kier molecular flexibility index (Phi) is 4.94. The van der Waals surface area contributed by atoms with Crippen LogP contribution in [0.5, 0.6) is 5.75 Å². The average molecular weight is 416 g/mol. The van der Waals surface area contributed by atoms with Crippen LogP contribution in [-0.4, -0.2) is 36.3 Å². The average Bonchev–Trinajstić information content (AvgIpc) is 2.71. The third kappa shape index (κ3) is 3.90. The molecule has 3 heterocycles. The van der Waals surface area contributed by atoms with Crippen molar-refractivity contribution in [1.82, 2.24) is 9.97 Å². The molecule has 0 unspecified atom stereocenters. The molecule has 31 heavy (non-hydrogen) atoms. The van der Waals surface area contributed by atoms with Crippen LogP contribution in [-0.2, 0) is 16.8 Å². The second-order valence-electron chi connectivity index (χ2n) is 9.52. The highest BCUT2D eigenvalue weighted by atomic mass is 16.5. The van der Waals surface area contributed by atoms with Crippen molar-refractivity contribution < 1.29 is 9.47 Å². The summed E-state index contributed by atoms with van der Waals surface area (Å²) in [5.41, 5.74) is 4.99. The lowest BCUT2D eigenvalue weighted by Crippen LogP contribution is -2.66. The van der Waals surface area contributed by atoms with E-state index in [0.29, 0.717) is 12.0 Å². The zero-order valence-corrected chi connectivity index (χ0v) is 18.5. The highest BCUT2D eigenvalue weighted by Crippen LogP contribution is 2.39. The summed E-state index contributed by atoms with van der Waals surface area (Å²) >= 11 is 0. The quantitative estimate of drug-likeness (QED) is 0.592. The van der Waals surface area contributed by atoms with Gasteiger partial charge in [-0.15, -0.1) is 0 Å². The van der Waals surface area contributed by atoms with Gasteiger partial charge in [0, 0.05) is 18.5 Å². The molecule has 1 spiro atoms. The van der Waals surface area contributed by atoms with Crippen LogP contribution < -0.4 is 9.64 Å². The molecule has 0 radical (unpaired) electrons. The predicted octanol–water partition coefficient (Wildman–Crippen LogP) is 4.53. The number of nitrogens with zero attached hydrogens (tertiary/aromatic N) is 3. The fraction of sp³-hybridized carbons (Fsp3) is 0.385. The van der Waals surface area contributed by atoms with Crippen LogP contribution in [0, 0.1) is 12.3 Å². The maximum atomic E-state index is 6.00. The Hall–Kier alpha value is -2.92. The Morgan fingerprint density at radius 1 is 0.968 bits per heavy atom. The molecule has 0 N–H and O–H groups in total. The van der Waals surface area contributed by atoms with E-state index in [2.05, 4.69) is 67.1 Å². The molecule has 0 atom stereocenters. The molecule has 3 aromatic rings. The largest absolute Gasteiger partial charge is 0.487 e. The lowest BCUT2D eigenvalue weighted by atomic mass is 9.78. The van der Waals surface area contributed by atoms with E-state index in [1.54, 1.807) is 6.20 Å². The van der Waals surface area contributed by atoms with E-state index in [-0.39, 0.29) is 5.41 Å². The van der Waals surface area contributed by atoms with E-state index in [9.17, 15) is 0 Å². The molecular weight excluding hydrogens is 386 g/mol. The van der Waals surface area contributed by atoms with Gasteiger partial charge in [-0.2, -0.15) is 0 Å². The van der Waals surface area contributed by atoms with Crippen LogP contribution in [0.4, 0.5) is 5.82 Å². The van der Waals surface area contributed by atoms with Gasteiger partial charge >= 0.3 is 0 Å². The van der Waals surface area contributed by atoms with Gasteiger partial charge in [0.05, 0.1) is 36.7 Å².